The van der Waals surface area contributed by atoms with Gasteiger partial charge in [0.1, 0.15) is 0 Å². The van der Waals surface area contributed by atoms with Crippen LogP contribution in [0.1, 0.15) is 37.1 Å². The highest BCUT2D eigenvalue weighted by atomic mass is 16.5. The van der Waals surface area contributed by atoms with Gasteiger partial charge in [-0.2, -0.15) is 5.06 Å². The van der Waals surface area contributed by atoms with Gasteiger partial charge in [-0.25, -0.2) is 0 Å². The van der Waals surface area contributed by atoms with Crippen LogP contribution in [-0.2, 0) is 0 Å². The lowest BCUT2D eigenvalue weighted by Gasteiger charge is -2.17. The van der Waals surface area contributed by atoms with E-state index in [2.05, 4.69) is 12.1 Å². The second-order valence-electron chi connectivity index (χ2n) is 3.36. The molecule has 0 aromatic heterocycles. The Morgan fingerprint density at radius 2 is 1.50 bits per heavy atom. The maximum absolute atomic E-state index is 9.62. The number of benzene rings is 1. The molecule has 0 bridgehead atoms. The van der Waals surface area contributed by atoms with E-state index >= 15 is 0 Å². The summed E-state index contributed by atoms with van der Waals surface area (Å²) in [5.41, 5.74) is 2.49. The predicted molar refractivity (Wildman–Crippen MR) is 46.9 cm³/mol. The van der Waals surface area contributed by atoms with Crippen LogP contribution in [-0.4, -0.2) is 10.3 Å². The third-order valence-corrected chi connectivity index (χ3v) is 2.69. The fourth-order valence-electron chi connectivity index (χ4n) is 1.89. The van der Waals surface area contributed by atoms with E-state index in [0.29, 0.717) is 0 Å². The fourth-order valence-corrected chi connectivity index (χ4v) is 1.89. The van der Waals surface area contributed by atoms with Gasteiger partial charge in [0.2, 0.25) is 0 Å². The van der Waals surface area contributed by atoms with Crippen LogP contribution < -0.4 is 0 Å². The first-order chi connectivity index (χ1) is 5.72. The Morgan fingerprint density at radius 3 is 1.92 bits per heavy atom. The minimum absolute atomic E-state index is 0.135. The molecule has 0 amide bonds. The molecule has 12 heavy (non-hydrogen) atoms. The van der Waals surface area contributed by atoms with Crippen molar-refractivity contribution in [2.75, 3.05) is 0 Å². The third-order valence-electron chi connectivity index (χ3n) is 2.69. The van der Waals surface area contributed by atoms with Crippen molar-refractivity contribution in [2.24, 2.45) is 0 Å². The monoisotopic (exact) mass is 163 g/mol. The van der Waals surface area contributed by atoms with Crippen molar-refractivity contribution in [3.63, 3.8) is 0 Å². The van der Waals surface area contributed by atoms with Crippen LogP contribution in [0.2, 0.25) is 0 Å². The van der Waals surface area contributed by atoms with Gasteiger partial charge in [-0.15, -0.1) is 0 Å². The number of hydrogen-bond donors (Lipinski definition) is 1. The number of hydrogen-bond acceptors (Lipinski definition) is 2. The minimum Gasteiger partial charge on any atom is -0.313 e. The quantitative estimate of drug-likeness (QED) is 0.635. The Bertz CT molecular complexity index is 269. The lowest BCUT2D eigenvalue weighted by atomic mass is 10.0. The molecule has 1 aromatic carbocycles. The van der Waals surface area contributed by atoms with E-state index in [9.17, 15) is 5.21 Å². The van der Waals surface area contributed by atoms with Gasteiger partial charge in [0.15, 0.2) is 0 Å². The van der Waals surface area contributed by atoms with Crippen molar-refractivity contribution >= 4 is 0 Å². The number of nitrogens with zero attached hydrogens (tertiary/aromatic N) is 1. The van der Waals surface area contributed by atoms with Crippen LogP contribution in [0, 0.1) is 0 Å². The molecule has 2 rings (SSSR count). The van der Waals surface area contributed by atoms with E-state index in [1.807, 2.05) is 26.0 Å². The molecule has 0 saturated heterocycles. The number of fused-ring (bicyclic) bond motifs is 1. The van der Waals surface area contributed by atoms with Crippen molar-refractivity contribution in [3.05, 3.63) is 35.4 Å². The van der Waals surface area contributed by atoms with Gasteiger partial charge in [0.05, 0.1) is 12.1 Å². The fraction of sp³-hybridized carbons (Fsp3) is 0.400. The largest absolute Gasteiger partial charge is 0.313 e. The molecule has 2 atom stereocenters. The Hall–Kier alpha value is -0.860. The van der Waals surface area contributed by atoms with Crippen molar-refractivity contribution in [3.8, 4) is 0 Å². The van der Waals surface area contributed by atoms with E-state index in [-0.39, 0.29) is 12.1 Å². The Kier molecular flexibility index (Phi) is 1.67. The molecule has 0 saturated carbocycles. The van der Waals surface area contributed by atoms with Gasteiger partial charge in [-0.3, -0.25) is 0 Å². The summed E-state index contributed by atoms with van der Waals surface area (Å²) in [4.78, 5) is 0. The van der Waals surface area contributed by atoms with Crippen LogP contribution in [0.3, 0.4) is 0 Å². The summed E-state index contributed by atoms with van der Waals surface area (Å²) in [5, 5.41) is 11.0. The van der Waals surface area contributed by atoms with Crippen LogP contribution in [0.5, 0.6) is 0 Å². The zero-order chi connectivity index (χ0) is 8.72. The van der Waals surface area contributed by atoms with Crippen LogP contribution in [0.25, 0.3) is 0 Å². The van der Waals surface area contributed by atoms with Crippen LogP contribution >= 0.6 is 0 Å². The molecule has 2 heteroatoms. The van der Waals surface area contributed by atoms with E-state index in [1.165, 1.54) is 16.2 Å². The Labute approximate surface area is 72.4 Å². The van der Waals surface area contributed by atoms with Crippen LogP contribution in [0.15, 0.2) is 24.3 Å². The average Bonchev–Trinajstić information content (AvgIpc) is 2.33. The third kappa shape index (κ3) is 0.886. The van der Waals surface area contributed by atoms with Crippen LogP contribution in [0.4, 0.5) is 0 Å². The molecule has 0 fully saturated rings. The number of hydroxylamine groups is 2. The van der Waals surface area contributed by atoms with E-state index in [1.54, 1.807) is 0 Å². The van der Waals surface area contributed by atoms with Gasteiger partial charge in [-0.05, 0) is 25.0 Å². The summed E-state index contributed by atoms with van der Waals surface area (Å²) in [5.74, 6) is 0. The lowest BCUT2D eigenvalue weighted by molar-refractivity contribution is -0.142. The molecule has 1 N–H and O–H groups in total. The zero-order valence-electron chi connectivity index (χ0n) is 7.36. The van der Waals surface area contributed by atoms with Gasteiger partial charge in [-0.1, -0.05) is 24.3 Å². The second-order valence-corrected chi connectivity index (χ2v) is 3.36. The smallest absolute Gasteiger partial charge is 0.0581 e. The van der Waals surface area contributed by atoms with Crippen molar-refractivity contribution in [2.45, 2.75) is 25.9 Å². The standard InChI is InChI=1S/C10H13NO/c1-7-9-5-3-4-6-10(9)8(2)11(7)12/h3-8,12H,1-2H3/t7-,8+. The summed E-state index contributed by atoms with van der Waals surface area (Å²) >= 11 is 0. The van der Waals surface area contributed by atoms with Gasteiger partial charge >= 0.3 is 0 Å². The van der Waals surface area contributed by atoms with Gasteiger partial charge < -0.3 is 5.21 Å². The minimum atomic E-state index is 0.135. The van der Waals surface area contributed by atoms with E-state index in [4.69, 9.17) is 0 Å². The first-order valence-corrected chi connectivity index (χ1v) is 4.28. The molecular weight excluding hydrogens is 150 g/mol. The molecule has 0 spiro atoms. The normalized spacial score (nSPS) is 28.9. The maximum atomic E-state index is 9.62. The molecule has 0 aliphatic carbocycles. The topological polar surface area (TPSA) is 23.5 Å². The first-order valence-electron chi connectivity index (χ1n) is 4.28. The Balaban J connectivity index is 2.52. The maximum Gasteiger partial charge on any atom is 0.0581 e. The van der Waals surface area contributed by atoms with E-state index in [0.717, 1.165) is 0 Å². The number of rotatable bonds is 0. The lowest BCUT2D eigenvalue weighted by Crippen LogP contribution is -2.17. The van der Waals surface area contributed by atoms with Gasteiger partial charge in [0, 0.05) is 0 Å². The van der Waals surface area contributed by atoms with Crippen molar-refractivity contribution in [1.82, 2.24) is 5.06 Å². The first kappa shape index (κ1) is 7.77. The molecule has 1 aromatic rings. The molecule has 1 heterocycles. The molecule has 64 valence electrons. The summed E-state index contributed by atoms with van der Waals surface area (Å²) < 4.78 is 0. The average molecular weight is 163 g/mol. The zero-order valence-corrected chi connectivity index (χ0v) is 7.36. The molecule has 1 aliphatic heterocycles. The summed E-state index contributed by atoms with van der Waals surface area (Å²) in [7, 11) is 0. The summed E-state index contributed by atoms with van der Waals surface area (Å²) in [6.07, 6.45) is 0. The molecule has 1 aliphatic rings. The van der Waals surface area contributed by atoms with Crippen molar-refractivity contribution < 1.29 is 5.21 Å². The Morgan fingerprint density at radius 1 is 1.08 bits per heavy atom. The predicted octanol–water partition coefficient (Wildman–Crippen LogP) is 2.51. The highest BCUT2D eigenvalue weighted by Crippen LogP contribution is 2.39. The highest BCUT2D eigenvalue weighted by Gasteiger charge is 2.31. The summed E-state index contributed by atoms with van der Waals surface area (Å²) in [6.45, 7) is 4.03. The molecule has 0 radical (unpaired) electrons. The van der Waals surface area contributed by atoms with E-state index < -0.39 is 0 Å². The second kappa shape index (κ2) is 2.57. The SMILES string of the molecule is C[C@@H]1c2ccccc2[C@H](C)N1O. The molecule has 0 unspecified atom stereocenters. The molecular formula is C10H13NO. The summed E-state index contributed by atoms with van der Waals surface area (Å²) in [6, 6.07) is 8.45. The highest BCUT2D eigenvalue weighted by molar-refractivity contribution is 5.35. The van der Waals surface area contributed by atoms with Gasteiger partial charge in [0.25, 0.3) is 0 Å². The van der Waals surface area contributed by atoms with Crippen molar-refractivity contribution in [1.29, 1.82) is 0 Å². The molecule has 2 nitrogen and oxygen atoms in total.